The standard InChI is InChI=1S/C23H17N3O2/c1-15-20(27)12-18(16-8-4-3-5-9-16)22(13-24,14-25)23(15)17-10-6-7-11-19(17)26(2)21(23)28/h3-11,18H,1,12H2,2H3/t18-,23+/m1/s1. The molecular formula is C23H17N3O2. The van der Waals surface area contributed by atoms with Gasteiger partial charge in [-0.3, -0.25) is 9.59 Å². The summed E-state index contributed by atoms with van der Waals surface area (Å²) in [6.07, 6.45) is -0.0368. The van der Waals surface area contributed by atoms with Gasteiger partial charge in [-0.2, -0.15) is 10.5 Å². The number of likely N-dealkylation sites (N-methyl/N-ethyl adjacent to an activating group) is 1. The molecule has 0 unspecified atom stereocenters. The van der Waals surface area contributed by atoms with E-state index in [0.29, 0.717) is 16.8 Å². The zero-order chi connectivity index (χ0) is 20.1. The molecule has 0 aromatic heterocycles. The number of hydrogen-bond acceptors (Lipinski definition) is 4. The second-order valence-electron chi connectivity index (χ2n) is 7.23. The zero-order valence-electron chi connectivity index (χ0n) is 15.3. The van der Waals surface area contributed by atoms with E-state index in [1.54, 1.807) is 55.6 Å². The molecule has 28 heavy (non-hydrogen) atoms. The Morgan fingerprint density at radius 3 is 2.29 bits per heavy atom. The van der Waals surface area contributed by atoms with Crippen molar-refractivity contribution in [2.24, 2.45) is 5.41 Å². The first kappa shape index (κ1) is 17.7. The molecule has 2 aromatic carbocycles. The van der Waals surface area contributed by atoms with E-state index >= 15 is 0 Å². The molecule has 1 spiro atoms. The molecule has 0 bridgehead atoms. The first-order valence-corrected chi connectivity index (χ1v) is 8.93. The first-order valence-electron chi connectivity index (χ1n) is 8.93. The van der Waals surface area contributed by atoms with Gasteiger partial charge in [0.05, 0.1) is 12.1 Å². The Labute approximate surface area is 163 Å². The van der Waals surface area contributed by atoms with E-state index in [4.69, 9.17) is 0 Å². The van der Waals surface area contributed by atoms with Crippen LogP contribution in [0.1, 0.15) is 23.5 Å². The quantitative estimate of drug-likeness (QED) is 0.724. The second-order valence-corrected chi connectivity index (χ2v) is 7.23. The van der Waals surface area contributed by atoms with E-state index in [9.17, 15) is 20.1 Å². The summed E-state index contributed by atoms with van der Waals surface area (Å²) in [6, 6.07) is 20.3. The van der Waals surface area contributed by atoms with Crippen LogP contribution in [0.25, 0.3) is 0 Å². The molecule has 1 aliphatic carbocycles. The highest BCUT2D eigenvalue weighted by atomic mass is 16.2. The Balaban J connectivity index is 2.12. The number of nitriles is 2. The summed E-state index contributed by atoms with van der Waals surface area (Å²) in [7, 11) is 1.60. The van der Waals surface area contributed by atoms with Gasteiger partial charge in [0.25, 0.3) is 0 Å². The molecule has 0 saturated heterocycles. The Hall–Kier alpha value is -3.70. The first-order chi connectivity index (χ1) is 13.5. The molecule has 2 aliphatic rings. The van der Waals surface area contributed by atoms with Gasteiger partial charge in [-0.15, -0.1) is 0 Å². The highest BCUT2D eigenvalue weighted by molar-refractivity contribution is 6.18. The van der Waals surface area contributed by atoms with E-state index in [1.165, 1.54) is 4.90 Å². The second kappa shape index (κ2) is 5.90. The van der Waals surface area contributed by atoms with Gasteiger partial charge in [0.1, 0.15) is 5.41 Å². The van der Waals surface area contributed by atoms with Crippen LogP contribution in [0.15, 0.2) is 66.7 Å². The number of amides is 1. The molecule has 5 heteroatoms. The van der Waals surface area contributed by atoms with Crippen LogP contribution >= 0.6 is 0 Å². The summed E-state index contributed by atoms with van der Waals surface area (Å²) >= 11 is 0. The smallest absolute Gasteiger partial charge is 0.244 e. The van der Waals surface area contributed by atoms with E-state index < -0.39 is 22.7 Å². The molecule has 1 aliphatic heterocycles. The van der Waals surface area contributed by atoms with Gasteiger partial charge in [0, 0.05) is 30.6 Å². The lowest BCUT2D eigenvalue weighted by molar-refractivity contribution is -0.130. The number of carbonyl (C=O) groups excluding carboxylic acids is 2. The van der Waals surface area contributed by atoms with E-state index in [1.807, 2.05) is 6.07 Å². The van der Waals surface area contributed by atoms with Gasteiger partial charge < -0.3 is 4.90 Å². The number of Topliss-reactive ketones (excluding diaryl/α,β-unsaturated/α-hetero) is 1. The van der Waals surface area contributed by atoms with Crippen LogP contribution in [0, 0.1) is 28.1 Å². The number of carbonyl (C=O) groups is 2. The van der Waals surface area contributed by atoms with Crippen molar-refractivity contribution >= 4 is 17.4 Å². The van der Waals surface area contributed by atoms with Gasteiger partial charge in [0.2, 0.25) is 5.91 Å². The molecule has 1 heterocycles. The van der Waals surface area contributed by atoms with Crippen LogP contribution in [0.4, 0.5) is 5.69 Å². The predicted octanol–water partition coefficient (Wildman–Crippen LogP) is 3.25. The summed E-state index contributed by atoms with van der Waals surface area (Å²) in [6.45, 7) is 3.93. The topological polar surface area (TPSA) is 85.0 Å². The molecular weight excluding hydrogens is 350 g/mol. The van der Waals surface area contributed by atoms with E-state index in [0.717, 1.165) is 0 Å². The van der Waals surface area contributed by atoms with Crippen LogP contribution in [0.2, 0.25) is 0 Å². The highest BCUT2D eigenvalue weighted by Crippen LogP contribution is 2.63. The molecule has 1 saturated carbocycles. The molecule has 2 atom stereocenters. The van der Waals surface area contributed by atoms with Crippen LogP contribution in [0.5, 0.6) is 0 Å². The number of hydrogen-bond donors (Lipinski definition) is 0. The number of nitrogens with zero attached hydrogens (tertiary/aromatic N) is 3. The predicted molar refractivity (Wildman–Crippen MR) is 103 cm³/mol. The van der Waals surface area contributed by atoms with E-state index in [-0.39, 0.29) is 17.8 Å². The van der Waals surface area contributed by atoms with Gasteiger partial charge in [-0.05, 0) is 17.2 Å². The van der Waals surface area contributed by atoms with Gasteiger partial charge in [-0.25, -0.2) is 0 Å². The number of rotatable bonds is 1. The minimum atomic E-state index is -1.79. The van der Waals surface area contributed by atoms with Crippen molar-refractivity contribution in [1.29, 1.82) is 10.5 Å². The highest BCUT2D eigenvalue weighted by Gasteiger charge is 2.71. The number of benzene rings is 2. The number of ketones is 1. The summed E-state index contributed by atoms with van der Waals surface area (Å²) in [5.41, 5.74) is -1.74. The van der Waals surface area contributed by atoms with Crippen molar-refractivity contribution in [3.05, 3.63) is 77.9 Å². The molecule has 4 rings (SSSR count). The average Bonchev–Trinajstić information content (AvgIpc) is 2.96. The van der Waals surface area contributed by atoms with Crippen LogP contribution in [-0.2, 0) is 15.0 Å². The maximum absolute atomic E-state index is 13.6. The molecule has 2 aromatic rings. The Morgan fingerprint density at radius 1 is 1.04 bits per heavy atom. The molecule has 0 N–H and O–H groups in total. The maximum Gasteiger partial charge on any atom is 0.244 e. The maximum atomic E-state index is 13.6. The van der Waals surface area contributed by atoms with Crippen molar-refractivity contribution < 1.29 is 9.59 Å². The Bertz CT molecular complexity index is 1090. The molecule has 1 fully saturated rings. The number of fused-ring (bicyclic) bond motifs is 2. The third kappa shape index (κ3) is 1.83. The van der Waals surface area contributed by atoms with Crippen molar-refractivity contribution in [3.63, 3.8) is 0 Å². The Kier molecular flexibility index (Phi) is 3.73. The monoisotopic (exact) mass is 367 g/mol. The fourth-order valence-electron chi connectivity index (χ4n) is 4.80. The van der Waals surface area contributed by atoms with Crippen LogP contribution in [0.3, 0.4) is 0 Å². The van der Waals surface area contributed by atoms with E-state index in [2.05, 4.69) is 18.7 Å². The fraction of sp³-hybridized carbons (Fsp3) is 0.217. The van der Waals surface area contributed by atoms with Crippen molar-refractivity contribution in [1.82, 2.24) is 0 Å². The van der Waals surface area contributed by atoms with Crippen LogP contribution in [-0.4, -0.2) is 18.7 Å². The molecule has 0 radical (unpaired) electrons. The lowest BCUT2D eigenvalue weighted by atomic mass is 9.47. The summed E-state index contributed by atoms with van der Waals surface area (Å²) in [5.74, 6) is -1.51. The zero-order valence-corrected chi connectivity index (χ0v) is 15.3. The lowest BCUT2D eigenvalue weighted by Crippen LogP contribution is -2.59. The number of para-hydroxylation sites is 1. The Morgan fingerprint density at radius 2 is 1.64 bits per heavy atom. The normalized spacial score (nSPS) is 25.3. The van der Waals surface area contributed by atoms with Gasteiger partial charge in [-0.1, -0.05) is 55.1 Å². The molecule has 1 amide bonds. The summed E-state index contributed by atoms with van der Waals surface area (Å²) < 4.78 is 0. The molecule has 5 nitrogen and oxygen atoms in total. The molecule has 136 valence electrons. The minimum Gasteiger partial charge on any atom is -0.314 e. The summed E-state index contributed by atoms with van der Waals surface area (Å²) in [5, 5.41) is 20.7. The minimum absolute atomic E-state index is 0.0181. The van der Waals surface area contributed by atoms with Crippen molar-refractivity contribution in [3.8, 4) is 12.1 Å². The van der Waals surface area contributed by atoms with Crippen LogP contribution < -0.4 is 4.90 Å². The van der Waals surface area contributed by atoms with Gasteiger partial charge in [0.15, 0.2) is 11.2 Å². The lowest BCUT2D eigenvalue weighted by Gasteiger charge is -2.47. The van der Waals surface area contributed by atoms with Crippen molar-refractivity contribution in [2.45, 2.75) is 17.8 Å². The van der Waals surface area contributed by atoms with Gasteiger partial charge >= 0.3 is 0 Å². The largest absolute Gasteiger partial charge is 0.314 e. The third-order valence-corrected chi connectivity index (χ3v) is 6.14. The number of anilines is 1. The third-order valence-electron chi connectivity index (χ3n) is 6.14. The SMILES string of the molecule is C=C1C(=O)C[C@H](c2ccccc2)C(C#N)(C#N)[C@@]12C(=O)N(C)c1ccccc12. The fourth-order valence-corrected chi connectivity index (χ4v) is 4.80. The summed E-state index contributed by atoms with van der Waals surface area (Å²) in [4.78, 5) is 28.1. The van der Waals surface area contributed by atoms with Crippen molar-refractivity contribution in [2.75, 3.05) is 11.9 Å². The average molecular weight is 367 g/mol.